The Kier molecular flexibility index (Phi) is 8.10. The second-order valence-electron chi connectivity index (χ2n) is 9.74. The molecule has 1 unspecified atom stereocenters. The maximum absolute atomic E-state index is 14.2. The van der Waals surface area contributed by atoms with E-state index in [1.807, 2.05) is 24.3 Å². The molecule has 0 aromatic heterocycles. The molecular formula is C27H31F4N3O2. The Morgan fingerprint density at radius 2 is 1.67 bits per heavy atom. The van der Waals surface area contributed by atoms with Crippen molar-refractivity contribution in [3.63, 3.8) is 0 Å². The third kappa shape index (κ3) is 6.13. The first-order valence-electron chi connectivity index (χ1n) is 12.3. The molecule has 9 heteroatoms. The van der Waals surface area contributed by atoms with Crippen LogP contribution in [0.25, 0.3) is 0 Å². The number of ketones is 1. The van der Waals surface area contributed by atoms with E-state index in [9.17, 15) is 27.2 Å². The summed E-state index contributed by atoms with van der Waals surface area (Å²) in [7, 11) is 0. The molecule has 0 saturated carbocycles. The van der Waals surface area contributed by atoms with Crippen LogP contribution in [0.3, 0.4) is 0 Å². The molecule has 1 amide bonds. The van der Waals surface area contributed by atoms with Crippen LogP contribution in [0.5, 0.6) is 0 Å². The number of alkyl halides is 3. The van der Waals surface area contributed by atoms with Gasteiger partial charge < -0.3 is 4.90 Å². The molecule has 0 N–H and O–H groups in total. The number of benzene rings is 2. The highest BCUT2D eigenvalue weighted by molar-refractivity contribution is 5.97. The van der Waals surface area contributed by atoms with Crippen LogP contribution in [0.1, 0.15) is 41.7 Å². The van der Waals surface area contributed by atoms with Crippen LogP contribution < -0.4 is 0 Å². The number of piperazine rings is 1. The van der Waals surface area contributed by atoms with E-state index in [0.717, 1.165) is 10.5 Å². The van der Waals surface area contributed by atoms with Gasteiger partial charge in [-0.25, -0.2) is 4.39 Å². The maximum Gasteiger partial charge on any atom is 0.471 e. The molecule has 2 saturated heterocycles. The molecule has 0 bridgehead atoms. The van der Waals surface area contributed by atoms with Crippen LogP contribution >= 0.6 is 0 Å². The van der Waals surface area contributed by atoms with Gasteiger partial charge in [0.25, 0.3) is 0 Å². The molecular weight excluding hydrogens is 474 g/mol. The van der Waals surface area contributed by atoms with Crippen molar-refractivity contribution in [1.82, 2.24) is 14.7 Å². The first-order chi connectivity index (χ1) is 17.1. The predicted molar refractivity (Wildman–Crippen MR) is 128 cm³/mol. The zero-order chi connectivity index (χ0) is 25.9. The zero-order valence-corrected chi connectivity index (χ0v) is 20.3. The van der Waals surface area contributed by atoms with Crippen molar-refractivity contribution in [3.8, 4) is 0 Å². The van der Waals surface area contributed by atoms with Crippen molar-refractivity contribution in [2.75, 3.05) is 39.3 Å². The van der Waals surface area contributed by atoms with Crippen LogP contribution in [-0.4, -0.2) is 77.9 Å². The quantitative estimate of drug-likeness (QED) is 0.427. The number of hydrogen-bond donors (Lipinski definition) is 0. The van der Waals surface area contributed by atoms with Gasteiger partial charge in [-0.2, -0.15) is 13.2 Å². The Hall–Kier alpha value is -2.78. The van der Waals surface area contributed by atoms with Crippen LogP contribution in [0, 0.1) is 11.7 Å². The second kappa shape index (κ2) is 11.1. The first kappa shape index (κ1) is 26.3. The lowest BCUT2D eigenvalue weighted by molar-refractivity contribution is -0.187. The number of carbonyl (C=O) groups is 2. The summed E-state index contributed by atoms with van der Waals surface area (Å²) in [6.07, 6.45) is -4.07. The summed E-state index contributed by atoms with van der Waals surface area (Å²) < 4.78 is 52.9. The van der Waals surface area contributed by atoms with Crippen molar-refractivity contribution in [1.29, 1.82) is 0 Å². The Labute approximate surface area is 208 Å². The highest BCUT2D eigenvalue weighted by Crippen LogP contribution is 2.38. The lowest BCUT2D eigenvalue weighted by atomic mass is 9.83. The minimum absolute atomic E-state index is 0.0226. The molecule has 0 aliphatic carbocycles. The number of carbonyl (C=O) groups excluding carboxylic acids is 2. The van der Waals surface area contributed by atoms with E-state index < -0.39 is 12.1 Å². The number of hydrogen-bond acceptors (Lipinski definition) is 4. The van der Waals surface area contributed by atoms with Gasteiger partial charge in [-0.3, -0.25) is 19.4 Å². The van der Waals surface area contributed by atoms with Gasteiger partial charge >= 0.3 is 12.1 Å². The van der Waals surface area contributed by atoms with Gasteiger partial charge in [0.05, 0.1) is 6.54 Å². The van der Waals surface area contributed by atoms with Gasteiger partial charge in [-0.15, -0.1) is 0 Å². The summed E-state index contributed by atoms with van der Waals surface area (Å²) >= 11 is 0. The molecule has 2 fully saturated rings. The summed E-state index contributed by atoms with van der Waals surface area (Å²) in [6.45, 7) is 4.37. The van der Waals surface area contributed by atoms with Crippen molar-refractivity contribution < 1.29 is 27.2 Å². The third-order valence-corrected chi connectivity index (χ3v) is 7.29. The average Bonchev–Trinajstić information content (AvgIpc) is 2.85. The molecule has 2 heterocycles. The Morgan fingerprint density at radius 1 is 0.972 bits per heavy atom. The van der Waals surface area contributed by atoms with Crippen LogP contribution in [0.15, 0.2) is 54.6 Å². The SMILES string of the molecule is C[C@H]1CN(CC(=O)c2ccccc2)CCN1C(c1cccc(F)c1)C1CCN(C(=O)C(F)(F)F)CC1. The van der Waals surface area contributed by atoms with E-state index in [4.69, 9.17) is 0 Å². The van der Waals surface area contributed by atoms with Crippen molar-refractivity contribution in [3.05, 3.63) is 71.5 Å². The van der Waals surface area contributed by atoms with E-state index >= 15 is 0 Å². The molecule has 5 nitrogen and oxygen atoms in total. The fourth-order valence-corrected chi connectivity index (χ4v) is 5.54. The van der Waals surface area contributed by atoms with Crippen molar-refractivity contribution in [2.24, 2.45) is 5.92 Å². The van der Waals surface area contributed by atoms with Crippen LogP contribution in [-0.2, 0) is 4.79 Å². The molecule has 2 aliphatic rings. The minimum atomic E-state index is -4.88. The second-order valence-corrected chi connectivity index (χ2v) is 9.74. The smallest absolute Gasteiger partial charge is 0.335 e. The summed E-state index contributed by atoms with van der Waals surface area (Å²) in [6, 6.07) is 15.4. The molecule has 2 aromatic carbocycles. The predicted octanol–water partition coefficient (Wildman–Crippen LogP) is 4.56. The molecule has 2 atom stereocenters. The van der Waals surface area contributed by atoms with Gasteiger partial charge in [0.2, 0.25) is 0 Å². The monoisotopic (exact) mass is 505 g/mol. The van der Waals surface area contributed by atoms with Gasteiger partial charge in [0, 0.05) is 50.4 Å². The Morgan fingerprint density at radius 3 is 2.28 bits per heavy atom. The fourth-order valence-electron chi connectivity index (χ4n) is 5.54. The van der Waals surface area contributed by atoms with E-state index in [1.54, 1.807) is 18.2 Å². The largest absolute Gasteiger partial charge is 0.471 e. The summed E-state index contributed by atoms with van der Waals surface area (Å²) in [5.41, 5.74) is 1.46. The Bertz CT molecular complexity index is 1050. The Balaban J connectivity index is 1.47. The summed E-state index contributed by atoms with van der Waals surface area (Å²) in [4.78, 5) is 29.7. The first-order valence-corrected chi connectivity index (χ1v) is 12.3. The van der Waals surface area contributed by atoms with E-state index in [0.29, 0.717) is 44.6 Å². The normalized spacial score (nSPS) is 21.4. The lowest BCUT2D eigenvalue weighted by Crippen LogP contribution is -2.56. The molecule has 0 radical (unpaired) electrons. The van der Waals surface area contributed by atoms with Crippen LogP contribution in [0.4, 0.5) is 17.6 Å². The average molecular weight is 506 g/mol. The molecule has 36 heavy (non-hydrogen) atoms. The molecule has 2 aliphatic heterocycles. The lowest BCUT2D eigenvalue weighted by Gasteiger charge is -2.48. The van der Waals surface area contributed by atoms with E-state index in [-0.39, 0.29) is 42.7 Å². The van der Waals surface area contributed by atoms with Crippen molar-refractivity contribution >= 4 is 11.7 Å². The third-order valence-electron chi connectivity index (χ3n) is 7.29. The number of halogens is 4. The topological polar surface area (TPSA) is 43.9 Å². The summed E-state index contributed by atoms with van der Waals surface area (Å²) in [5.74, 6) is -2.13. The van der Waals surface area contributed by atoms with Gasteiger partial charge in [0.1, 0.15) is 5.82 Å². The molecule has 194 valence electrons. The molecule has 2 aromatic rings. The number of Topliss-reactive ketones (excluding diaryl/α,β-unsaturated/α-hetero) is 1. The number of nitrogens with zero attached hydrogens (tertiary/aromatic N) is 3. The standard InChI is InChI=1S/C27H31F4N3O2/c1-19-17-32(18-24(35)20-6-3-2-4-7-20)14-15-34(19)25(22-8-5-9-23(28)16-22)21-10-12-33(13-11-21)26(36)27(29,30)31/h2-9,16,19,21,25H,10-15,17-18H2,1H3/t19-,25?/m0/s1. The number of rotatable bonds is 6. The van der Waals surface area contributed by atoms with Gasteiger partial charge in [-0.05, 0) is 43.4 Å². The highest BCUT2D eigenvalue weighted by Gasteiger charge is 2.44. The molecule has 0 spiro atoms. The maximum atomic E-state index is 14.2. The van der Waals surface area contributed by atoms with E-state index in [2.05, 4.69) is 16.7 Å². The fraction of sp³-hybridized carbons (Fsp3) is 0.481. The number of piperidine rings is 1. The van der Waals surface area contributed by atoms with Crippen LogP contribution in [0.2, 0.25) is 0 Å². The van der Waals surface area contributed by atoms with Gasteiger partial charge in [0.15, 0.2) is 5.78 Å². The van der Waals surface area contributed by atoms with Gasteiger partial charge in [-0.1, -0.05) is 42.5 Å². The number of amides is 1. The minimum Gasteiger partial charge on any atom is -0.335 e. The van der Waals surface area contributed by atoms with Crippen molar-refractivity contribution in [2.45, 2.75) is 38.0 Å². The molecule has 4 rings (SSSR count). The zero-order valence-electron chi connectivity index (χ0n) is 20.3. The van der Waals surface area contributed by atoms with E-state index in [1.165, 1.54) is 12.1 Å². The summed E-state index contributed by atoms with van der Waals surface area (Å²) in [5, 5.41) is 0. The number of likely N-dealkylation sites (tertiary alicyclic amines) is 1. The highest BCUT2D eigenvalue weighted by atomic mass is 19.4.